The van der Waals surface area contributed by atoms with E-state index >= 15 is 0 Å². The Hall–Kier alpha value is -1.63. The molecule has 1 saturated heterocycles. The molecule has 2 amide bonds. The molecule has 0 atom stereocenters. The second-order valence-corrected chi connectivity index (χ2v) is 6.59. The highest BCUT2D eigenvalue weighted by Crippen LogP contribution is 2.28. The fourth-order valence-electron chi connectivity index (χ4n) is 3.19. The lowest BCUT2D eigenvalue weighted by Gasteiger charge is -2.33. The van der Waals surface area contributed by atoms with Gasteiger partial charge in [-0.2, -0.15) is 0 Å². The van der Waals surface area contributed by atoms with E-state index in [0.29, 0.717) is 18.9 Å². The van der Waals surface area contributed by atoms with Gasteiger partial charge in [0.15, 0.2) is 0 Å². The van der Waals surface area contributed by atoms with Crippen molar-refractivity contribution in [1.82, 2.24) is 15.1 Å². The molecule has 3 rings (SSSR count). The second-order valence-electron chi connectivity index (χ2n) is 5.77. The summed E-state index contributed by atoms with van der Waals surface area (Å²) in [6, 6.07) is 4.31. The molecule has 0 spiro atoms. The molecule has 2 heterocycles. The monoisotopic (exact) mass is 320 g/mol. The maximum Gasteiger partial charge on any atom is 0.229 e. The highest BCUT2D eigenvalue weighted by atomic mass is 32.2. The molecule has 1 aliphatic heterocycles. The predicted molar refractivity (Wildman–Crippen MR) is 84.6 cm³/mol. The molecule has 2 fully saturated rings. The van der Waals surface area contributed by atoms with E-state index < -0.39 is 0 Å². The summed E-state index contributed by atoms with van der Waals surface area (Å²) in [6.45, 7) is 0. The van der Waals surface area contributed by atoms with Crippen LogP contribution in [0.5, 0.6) is 0 Å². The van der Waals surface area contributed by atoms with Crippen molar-refractivity contribution >= 4 is 29.4 Å². The summed E-state index contributed by atoms with van der Waals surface area (Å²) < 4.78 is 0. The van der Waals surface area contributed by atoms with E-state index in [1.807, 2.05) is 18.4 Å². The summed E-state index contributed by atoms with van der Waals surface area (Å²) in [5.74, 6) is 0.787. The quantitative estimate of drug-likeness (QED) is 0.676. The Morgan fingerprint density at radius 2 is 1.77 bits per heavy atom. The van der Waals surface area contributed by atoms with Crippen LogP contribution in [-0.2, 0) is 9.59 Å². The Morgan fingerprint density at radius 3 is 2.32 bits per heavy atom. The minimum atomic E-state index is -0.0000646. The van der Waals surface area contributed by atoms with Crippen LogP contribution in [0.4, 0.5) is 5.82 Å². The van der Waals surface area contributed by atoms with Crippen molar-refractivity contribution < 1.29 is 9.59 Å². The van der Waals surface area contributed by atoms with Crippen molar-refractivity contribution in [3.05, 3.63) is 12.1 Å². The minimum absolute atomic E-state index is 0.0000646. The van der Waals surface area contributed by atoms with Crippen molar-refractivity contribution in [1.29, 1.82) is 0 Å². The summed E-state index contributed by atoms with van der Waals surface area (Å²) in [7, 11) is 0. The predicted octanol–water partition coefficient (Wildman–Crippen LogP) is 2.07. The van der Waals surface area contributed by atoms with Gasteiger partial charge in [0.05, 0.1) is 0 Å². The van der Waals surface area contributed by atoms with Gasteiger partial charge in [-0.25, -0.2) is 0 Å². The molecule has 1 aromatic heterocycles. The number of imide groups is 1. The molecule has 0 aromatic carbocycles. The van der Waals surface area contributed by atoms with Gasteiger partial charge in [0.1, 0.15) is 10.8 Å². The lowest BCUT2D eigenvalue weighted by Crippen LogP contribution is -2.43. The van der Waals surface area contributed by atoms with Crippen molar-refractivity contribution in [2.24, 2.45) is 0 Å². The van der Waals surface area contributed by atoms with Crippen LogP contribution in [0.3, 0.4) is 0 Å². The molecule has 6 nitrogen and oxygen atoms in total. The summed E-state index contributed by atoms with van der Waals surface area (Å²) in [5, 5.41) is 12.6. The van der Waals surface area contributed by atoms with Crippen LogP contribution in [-0.4, -0.2) is 45.3 Å². The van der Waals surface area contributed by atoms with E-state index in [1.54, 1.807) is 11.8 Å². The average molecular weight is 320 g/mol. The number of hydrogen-bond donors (Lipinski definition) is 1. The summed E-state index contributed by atoms with van der Waals surface area (Å²) in [5.41, 5.74) is 0. The Kier molecular flexibility index (Phi) is 4.61. The smallest absolute Gasteiger partial charge is 0.229 e. The molecule has 7 heteroatoms. The van der Waals surface area contributed by atoms with Crippen LogP contribution in [0.25, 0.3) is 0 Å². The zero-order valence-corrected chi connectivity index (χ0v) is 13.4. The highest BCUT2D eigenvalue weighted by molar-refractivity contribution is 7.98. The lowest BCUT2D eigenvalue weighted by molar-refractivity contribution is -0.141. The Balaban J connectivity index is 1.53. The molecule has 118 valence electrons. The highest BCUT2D eigenvalue weighted by Gasteiger charge is 2.36. The Morgan fingerprint density at radius 1 is 1.09 bits per heavy atom. The first-order valence-electron chi connectivity index (χ1n) is 7.66. The molecular weight excluding hydrogens is 300 g/mol. The van der Waals surface area contributed by atoms with Crippen molar-refractivity contribution in [2.75, 3.05) is 11.6 Å². The van der Waals surface area contributed by atoms with Gasteiger partial charge in [0.2, 0.25) is 11.8 Å². The molecule has 1 N–H and O–H groups in total. The Bertz CT molecular complexity index is 539. The molecule has 1 saturated carbocycles. The number of hydrogen-bond acceptors (Lipinski definition) is 6. The number of likely N-dealkylation sites (tertiary alicyclic amines) is 1. The van der Waals surface area contributed by atoms with Gasteiger partial charge < -0.3 is 5.32 Å². The van der Waals surface area contributed by atoms with Gasteiger partial charge in [0, 0.05) is 24.9 Å². The molecule has 2 aliphatic rings. The van der Waals surface area contributed by atoms with Gasteiger partial charge in [0.25, 0.3) is 0 Å². The average Bonchev–Trinajstić information content (AvgIpc) is 2.88. The van der Waals surface area contributed by atoms with E-state index in [9.17, 15) is 9.59 Å². The third-order valence-electron chi connectivity index (χ3n) is 4.35. The molecule has 22 heavy (non-hydrogen) atoms. The fraction of sp³-hybridized carbons (Fsp3) is 0.600. The van der Waals surface area contributed by atoms with E-state index in [2.05, 4.69) is 15.5 Å². The van der Waals surface area contributed by atoms with Gasteiger partial charge in [-0.15, -0.1) is 22.0 Å². The van der Waals surface area contributed by atoms with Crippen LogP contribution >= 0.6 is 11.8 Å². The van der Waals surface area contributed by atoms with Gasteiger partial charge in [-0.05, 0) is 44.1 Å². The first kappa shape index (κ1) is 15.3. The van der Waals surface area contributed by atoms with E-state index in [-0.39, 0.29) is 17.9 Å². The number of carbonyl (C=O) groups is 2. The van der Waals surface area contributed by atoms with Gasteiger partial charge in [-0.3, -0.25) is 14.5 Å². The lowest BCUT2D eigenvalue weighted by atomic mass is 9.90. The van der Waals surface area contributed by atoms with Gasteiger partial charge in [-0.1, -0.05) is 0 Å². The molecular formula is C15H20N4O2S. The second kappa shape index (κ2) is 6.64. The van der Waals surface area contributed by atoms with Crippen LogP contribution in [0.1, 0.15) is 38.5 Å². The molecule has 0 radical (unpaired) electrons. The van der Waals surface area contributed by atoms with Crippen molar-refractivity contribution in [2.45, 2.75) is 55.6 Å². The summed E-state index contributed by atoms with van der Waals surface area (Å²) in [6.07, 6.45) is 6.35. The number of aromatic nitrogens is 2. The SMILES string of the molecule is CSc1ccc(NC2CCC(N3C(=O)CCC3=O)CC2)nn1. The largest absolute Gasteiger partial charge is 0.366 e. The first-order valence-corrected chi connectivity index (χ1v) is 8.89. The van der Waals surface area contributed by atoms with Crippen LogP contribution < -0.4 is 5.32 Å². The number of amides is 2. The van der Waals surface area contributed by atoms with Gasteiger partial charge >= 0.3 is 0 Å². The topological polar surface area (TPSA) is 75.2 Å². The normalized spacial score (nSPS) is 25.6. The number of thioether (sulfide) groups is 1. The molecule has 0 unspecified atom stereocenters. The zero-order valence-electron chi connectivity index (χ0n) is 12.6. The Labute approximate surface area is 134 Å². The van der Waals surface area contributed by atoms with E-state index in [4.69, 9.17) is 0 Å². The number of rotatable bonds is 4. The number of nitrogens with zero attached hydrogens (tertiary/aromatic N) is 3. The van der Waals surface area contributed by atoms with Crippen LogP contribution in [0, 0.1) is 0 Å². The minimum Gasteiger partial charge on any atom is -0.366 e. The zero-order chi connectivity index (χ0) is 15.5. The third kappa shape index (κ3) is 3.24. The van der Waals surface area contributed by atoms with E-state index in [1.165, 1.54) is 4.90 Å². The summed E-state index contributed by atoms with van der Waals surface area (Å²) >= 11 is 1.57. The van der Waals surface area contributed by atoms with Crippen LogP contribution in [0.15, 0.2) is 17.2 Å². The van der Waals surface area contributed by atoms with E-state index in [0.717, 1.165) is 36.5 Å². The number of nitrogens with one attached hydrogen (secondary N) is 1. The standard InChI is InChI=1S/C15H20N4O2S/c1-22-13-7-6-12(17-18-13)16-10-2-4-11(5-3-10)19-14(20)8-9-15(19)21/h6-7,10-11H,2-5,8-9H2,1H3,(H,16,17). The summed E-state index contributed by atoms with van der Waals surface area (Å²) in [4.78, 5) is 25.1. The van der Waals surface area contributed by atoms with Crippen LogP contribution in [0.2, 0.25) is 0 Å². The van der Waals surface area contributed by atoms with Crippen molar-refractivity contribution in [3.8, 4) is 0 Å². The maximum absolute atomic E-state index is 11.8. The maximum atomic E-state index is 11.8. The molecule has 0 bridgehead atoms. The molecule has 1 aromatic rings. The fourth-order valence-corrected chi connectivity index (χ4v) is 3.52. The first-order chi connectivity index (χ1) is 10.7. The molecule has 1 aliphatic carbocycles. The number of carbonyl (C=O) groups excluding carboxylic acids is 2. The third-order valence-corrected chi connectivity index (χ3v) is 4.99. The number of anilines is 1. The van der Waals surface area contributed by atoms with Crippen molar-refractivity contribution in [3.63, 3.8) is 0 Å².